The van der Waals surface area contributed by atoms with Gasteiger partial charge in [-0.1, -0.05) is 11.6 Å². The van der Waals surface area contributed by atoms with E-state index in [1.165, 1.54) is 20.3 Å². The van der Waals surface area contributed by atoms with Gasteiger partial charge in [0.05, 0.1) is 42.3 Å². The number of phenolic OH excluding ortho intramolecular Hbond substituents is 1. The summed E-state index contributed by atoms with van der Waals surface area (Å²) in [5.74, 6) is -0.981. The van der Waals surface area contributed by atoms with Gasteiger partial charge in [-0.3, -0.25) is 4.98 Å². The van der Waals surface area contributed by atoms with Crippen LogP contribution in [0.4, 0.5) is 20.2 Å². The first-order valence-electron chi connectivity index (χ1n) is 7.10. The lowest BCUT2D eigenvalue weighted by Crippen LogP contribution is -2.00. The van der Waals surface area contributed by atoms with Crippen molar-refractivity contribution in [2.75, 3.05) is 19.5 Å². The van der Waals surface area contributed by atoms with Crippen LogP contribution >= 0.6 is 24.0 Å². The van der Waals surface area contributed by atoms with E-state index in [-0.39, 0.29) is 34.6 Å². The molecule has 26 heavy (non-hydrogen) atoms. The molecule has 0 aliphatic heterocycles. The average Bonchev–Trinajstić information content (AvgIpc) is 2.60. The van der Waals surface area contributed by atoms with Crippen LogP contribution in [-0.4, -0.2) is 24.3 Å². The first-order chi connectivity index (χ1) is 11.9. The second-order valence-corrected chi connectivity index (χ2v) is 5.52. The Balaban J connectivity index is 0.00000243. The number of anilines is 2. The fourth-order valence-corrected chi connectivity index (χ4v) is 2.54. The Morgan fingerprint density at radius 3 is 2.35 bits per heavy atom. The number of benzene rings is 2. The zero-order valence-electron chi connectivity index (χ0n) is 13.6. The third-order valence-electron chi connectivity index (χ3n) is 3.62. The van der Waals surface area contributed by atoms with Gasteiger partial charge in [0.25, 0.3) is 0 Å². The number of hydrogen-bond acceptors (Lipinski definition) is 5. The maximum atomic E-state index is 14.3. The van der Waals surface area contributed by atoms with Gasteiger partial charge in [-0.2, -0.15) is 0 Å². The molecular formula is C17H14Cl2F2N2O3. The molecule has 138 valence electrons. The number of nitrogens with one attached hydrogen (secondary N) is 1. The number of nitrogens with zero attached hydrogens (tertiary/aromatic N) is 1. The zero-order chi connectivity index (χ0) is 18.1. The van der Waals surface area contributed by atoms with Gasteiger partial charge in [-0.05, 0) is 12.1 Å². The third kappa shape index (κ3) is 3.54. The highest BCUT2D eigenvalue weighted by molar-refractivity contribution is 6.32. The Hall–Kier alpha value is -2.51. The maximum absolute atomic E-state index is 14.3. The van der Waals surface area contributed by atoms with Gasteiger partial charge >= 0.3 is 0 Å². The summed E-state index contributed by atoms with van der Waals surface area (Å²) in [6.45, 7) is 0. The molecule has 3 rings (SSSR count). The Morgan fingerprint density at radius 2 is 1.69 bits per heavy atom. The van der Waals surface area contributed by atoms with E-state index in [0.29, 0.717) is 22.4 Å². The minimum absolute atomic E-state index is 0. The molecule has 1 heterocycles. The molecular weight excluding hydrogens is 389 g/mol. The molecule has 0 atom stereocenters. The van der Waals surface area contributed by atoms with Crippen LogP contribution in [0.25, 0.3) is 10.9 Å². The third-order valence-corrected chi connectivity index (χ3v) is 3.93. The largest absolute Gasteiger partial charge is 0.506 e. The van der Waals surface area contributed by atoms with Crippen LogP contribution < -0.4 is 14.8 Å². The molecule has 2 aromatic carbocycles. The van der Waals surface area contributed by atoms with Crippen LogP contribution in [-0.2, 0) is 0 Å². The lowest BCUT2D eigenvalue weighted by atomic mass is 10.1. The molecule has 0 spiro atoms. The van der Waals surface area contributed by atoms with Crippen LogP contribution in [0.3, 0.4) is 0 Å². The lowest BCUT2D eigenvalue weighted by molar-refractivity contribution is 0.356. The SMILES string of the molecule is COc1cc2ncc(F)c(Nc3cc(O)c(Cl)cc3F)c2cc1OC.Cl. The molecule has 0 unspecified atom stereocenters. The summed E-state index contributed by atoms with van der Waals surface area (Å²) in [6, 6.07) is 5.11. The molecule has 3 aromatic rings. The van der Waals surface area contributed by atoms with Crippen LogP contribution in [0.1, 0.15) is 0 Å². The topological polar surface area (TPSA) is 63.6 Å². The lowest BCUT2D eigenvalue weighted by Gasteiger charge is -2.14. The Bertz CT molecular complexity index is 971. The molecule has 9 heteroatoms. The number of halogens is 4. The summed E-state index contributed by atoms with van der Waals surface area (Å²) in [7, 11) is 2.92. The van der Waals surface area contributed by atoms with Crippen LogP contribution in [0.2, 0.25) is 5.02 Å². The number of aromatic hydroxyl groups is 1. The summed E-state index contributed by atoms with van der Waals surface area (Å²) in [6.07, 6.45) is 1.00. The quantitative estimate of drug-likeness (QED) is 0.638. The summed E-state index contributed by atoms with van der Waals surface area (Å²) >= 11 is 5.66. The van der Waals surface area contributed by atoms with E-state index in [1.807, 2.05) is 0 Å². The van der Waals surface area contributed by atoms with E-state index in [4.69, 9.17) is 21.1 Å². The molecule has 0 radical (unpaired) electrons. The molecule has 2 N–H and O–H groups in total. The van der Waals surface area contributed by atoms with Gasteiger partial charge < -0.3 is 19.9 Å². The number of aromatic nitrogens is 1. The monoisotopic (exact) mass is 402 g/mol. The van der Waals surface area contributed by atoms with Crippen LogP contribution in [0.5, 0.6) is 17.2 Å². The first-order valence-corrected chi connectivity index (χ1v) is 7.47. The van der Waals surface area contributed by atoms with E-state index in [1.54, 1.807) is 6.07 Å². The maximum Gasteiger partial charge on any atom is 0.165 e. The van der Waals surface area contributed by atoms with Crippen molar-refractivity contribution in [3.8, 4) is 17.2 Å². The standard InChI is InChI=1S/C17H13ClF2N2O3.ClH/c1-24-15-3-8-12(6-16(15)25-2)21-7-11(20)17(8)22-13-5-14(23)9(18)4-10(13)19;/h3-7,23H,1-2H3,(H,21,22);1H. The molecule has 0 saturated carbocycles. The van der Waals surface area contributed by atoms with Gasteiger partial charge in [0.15, 0.2) is 17.3 Å². The van der Waals surface area contributed by atoms with E-state index in [0.717, 1.165) is 18.3 Å². The van der Waals surface area contributed by atoms with Gasteiger partial charge in [0.1, 0.15) is 11.6 Å². The number of hydrogen-bond donors (Lipinski definition) is 2. The van der Waals surface area contributed by atoms with Crippen molar-refractivity contribution < 1.29 is 23.4 Å². The van der Waals surface area contributed by atoms with Crippen molar-refractivity contribution in [3.63, 3.8) is 0 Å². The molecule has 5 nitrogen and oxygen atoms in total. The summed E-state index contributed by atoms with van der Waals surface area (Å²) in [4.78, 5) is 4.01. The van der Waals surface area contributed by atoms with Gasteiger partial charge in [0.2, 0.25) is 0 Å². The Morgan fingerprint density at radius 1 is 1.04 bits per heavy atom. The van der Waals surface area contributed by atoms with Gasteiger partial charge in [0, 0.05) is 17.5 Å². The van der Waals surface area contributed by atoms with Crippen molar-refractivity contribution in [3.05, 3.63) is 47.1 Å². The highest BCUT2D eigenvalue weighted by Gasteiger charge is 2.16. The van der Waals surface area contributed by atoms with Crippen molar-refractivity contribution in [1.29, 1.82) is 0 Å². The molecule has 0 bridgehead atoms. The highest BCUT2D eigenvalue weighted by Crippen LogP contribution is 2.38. The number of ether oxygens (including phenoxy) is 2. The normalized spacial score (nSPS) is 10.3. The van der Waals surface area contributed by atoms with E-state index in [2.05, 4.69) is 10.3 Å². The smallest absolute Gasteiger partial charge is 0.165 e. The van der Waals surface area contributed by atoms with Crippen molar-refractivity contribution in [1.82, 2.24) is 4.98 Å². The van der Waals surface area contributed by atoms with Crippen LogP contribution in [0, 0.1) is 11.6 Å². The summed E-state index contributed by atoms with van der Waals surface area (Å²) in [5.41, 5.74) is 0.259. The van der Waals surface area contributed by atoms with E-state index < -0.39 is 11.6 Å². The van der Waals surface area contributed by atoms with Crippen LogP contribution in [0.15, 0.2) is 30.5 Å². The summed E-state index contributed by atoms with van der Waals surface area (Å²) < 4.78 is 38.8. The predicted octanol–water partition coefficient (Wildman–Crippen LogP) is 5.05. The molecule has 0 fully saturated rings. The highest BCUT2D eigenvalue weighted by atomic mass is 35.5. The zero-order valence-corrected chi connectivity index (χ0v) is 15.2. The Labute approximate surface area is 158 Å². The number of rotatable bonds is 4. The van der Waals surface area contributed by atoms with Crippen molar-refractivity contribution in [2.45, 2.75) is 0 Å². The fourth-order valence-electron chi connectivity index (χ4n) is 2.39. The van der Waals surface area contributed by atoms with E-state index in [9.17, 15) is 13.9 Å². The number of phenols is 1. The molecule has 0 aliphatic carbocycles. The molecule has 0 amide bonds. The van der Waals surface area contributed by atoms with Crippen molar-refractivity contribution >= 4 is 46.3 Å². The first kappa shape index (κ1) is 19.8. The fraction of sp³-hybridized carbons (Fsp3) is 0.118. The second kappa shape index (κ2) is 7.80. The van der Waals surface area contributed by atoms with Crippen molar-refractivity contribution in [2.24, 2.45) is 0 Å². The average molecular weight is 403 g/mol. The van der Waals surface area contributed by atoms with E-state index >= 15 is 0 Å². The minimum Gasteiger partial charge on any atom is -0.506 e. The summed E-state index contributed by atoms with van der Waals surface area (Å²) in [5, 5.41) is 12.5. The number of methoxy groups -OCH3 is 2. The second-order valence-electron chi connectivity index (χ2n) is 5.11. The predicted molar refractivity (Wildman–Crippen MR) is 98.4 cm³/mol. The van der Waals surface area contributed by atoms with Gasteiger partial charge in [-0.15, -0.1) is 12.4 Å². The van der Waals surface area contributed by atoms with Gasteiger partial charge in [-0.25, -0.2) is 8.78 Å². The number of pyridine rings is 1. The molecule has 0 saturated heterocycles. The Kier molecular flexibility index (Phi) is 5.94. The minimum atomic E-state index is -0.743. The molecule has 1 aromatic heterocycles. The molecule has 0 aliphatic rings. The number of fused-ring (bicyclic) bond motifs is 1.